The molecule has 2 rings (SSSR count). The van der Waals surface area contributed by atoms with Gasteiger partial charge in [0.25, 0.3) is 5.89 Å². The van der Waals surface area contributed by atoms with Gasteiger partial charge in [-0.15, -0.1) is 0 Å². The second-order valence-electron chi connectivity index (χ2n) is 4.88. The van der Waals surface area contributed by atoms with Crippen LogP contribution in [0, 0.1) is 6.92 Å². The number of aliphatic carboxylic acids is 1. The van der Waals surface area contributed by atoms with Crippen molar-refractivity contribution in [3.8, 4) is 0 Å². The summed E-state index contributed by atoms with van der Waals surface area (Å²) in [6, 6.07) is 8.05. The molecular weight excluding hydrogens is 302 g/mol. The summed E-state index contributed by atoms with van der Waals surface area (Å²) in [6.45, 7) is 1.37. The number of carbonyl (C=O) groups is 2. The molecule has 0 fully saturated rings. The molecule has 1 aromatic heterocycles. The molecule has 0 radical (unpaired) electrons. The Morgan fingerprint density at radius 2 is 2.09 bits per heavy atom. The van der Waals surface area contributed by atoms with Crippen LogP contribution in [0.15, 0.2) is 34.9 Å². The van der Waals surface area contributed by atoms with E-state index in [1.54, 1.807) is 19.1 Å². The second-order valence-corrected chi connectivity index (χ2v) is 4.88. The zero-order chi connectivity index (χ0) is 16.7. The highest BCUT2D eigenvalue weighted by atomic mass is 16.5. The van der Waals surface area contributed by atoms with Gasteiger partial charge in [-0.25, -0.2) is 4.79 Å². The van der Waals surface area contributed by atoms with E-state index >= 15 is 0 Å². The molecule has 8 heteroatoms. The molecule has 0 aliphatic rings. The van der Waals surface area contributed by atoms with E-state index in [0.717, 1.165) is 5.56 Å². The average molecular weight is 319 g/mol. The fourth-order valence-electron chi connectivity index (χ4n) is 1.92. The number of carboxylic acids is 1. The van der Waals surface area contributed by atoms with E-state index in [9.17, 15) is 14.7 Å². The van der Waals surface area contributed by atoms with E-state index in [2.05, 4.69) is 15.5 Å². The number of hydrogen-bond donors (Lipinski definition) is 2. The van der Waals surface area contributed by atoms with E-state index < -0.39 is 17.9 Å². The Morgan fingerprint density at radius 3 is 2.70 bits per heavy atom. The number of carboxylic acid groups (broad SMARTS) is 1. The molecule has 2 N–H and O–H groups in total. The molecule has 1 heterocycles. The number of nitrogens with zero attached hydrogens (tertiary/aromatic N) is 2. The zero-order valence-corrected chi connectivity index (χ0v) is 12.6. The van der Waals surface area contributed by atoms with E-state index in [1.807, 2.05) is 18.2 Å². The Balaban J connectivity index is 1.79. The first-order valence-electron chi connectivity index (χ1n) is 6.97. The molecule has 1 aromatic carbocycles. The Kier molecular flexibility index (Phi) is 5.81. The quantitative estimate of drug-likeness (QED) is 0.736. The van der Waals surface area contributed by atoms with Crippen molar-refractivity contribution in [3.05, 3.63) is 47.6 Å². The molecule has 8 nitrogen and oxygen atoms in total. The summed E-state index contributed by atoms with van der Waals surface area (Å²) in [7, 11) is 0. The number of carbonyl (C=O) groups excluding carboxylic acids is 1. The summed E-state index contributed by atoms with van der Waals surface area (Å²) in [4.78, 5) is 26.9. The van der Waals surface area contributed by atoms with Crippen LogP contribution in [0.4, 0.5) is 0 Å². The highest BCUT2D eigenvalue weighted by Crippen LogP contribution is 2.04. The van der Waals surface area contributed by atoms with Crippen LogP contribution in [0.2, 0.25) is 0 Å². The first kappa shape index (κ1) is 16.6. The molecule has 0 saturated carbocycles. The van der Waals surface area contributed by atoms with Crippen LogP contribution in [-0.2, 0) is 27.4 Å². The molecule has 23 heavy (non-hydrogen) atoms. The van der Waals surface area contributed by atoms with Gasteiger partial charge in [-0.1, -0.05) is 35.5 Å². The van der Waals surface area contributed by atoms with Crippen LogP contribution in [-0.4, -0.2) is 39.8 Å². The summed E-state index contributed by atoms with van der Waals surface area (Å²) in [5.41, 5.74) is 0.822. The molecule has 0 saturated heterocycles. The van der Waals surface area contributed by atoms with Crippen molar-refractivity contribution in [1.82, 2.24) is 15.5 Å². The minimum atomic E-state index is -1.10. The van der Waals surface area contributed by atoms with Gasteiger partial charge in [0.1, 0.15) is 19.3 Å². The summed E-state index contributed by atoms with van der Waals surface area (Å²) in [5, 5.41) is 15.2. The van der Waals surface area contributed by atoms with E-state index in [0.29, 0.717) is 5.82 Å². The van der Waals surface area contributed by atoms with Crippen molar-refractivity contribution in [1.29, 1.82) is 0 Å². The summed E-state index contributed by atoms with van der Waals surface area (Å²) >= 11 is 0. The maximum Gasteiger partial charge on any atom is 0.326 e. The van der Waals surface area contributed by atoms with Crippen LogP contribution >= 0.6 is 0 Å². The van der Waals surface area contributed by atoms with E-state index in [-0.39, 0.29) is 25.5 Å². The first-order valence-corrected chi connectivity index (χ1v) is 6.97. The molecule has 0 aliphatic heterocycles. The lowest BCUT2D eigenvalue weighted by molar-refractivity contribution is -0.142. The number of aryl methyl sites for hydroxylation is 1. The molecule has 0 aliphatic carbocycles. The van der Waals surface area contributed by atoms with Gasteiger partial charge in [0.05, 0.1) is 0 Å². The molecule has 2 aromatic rings. The lowest BCUT2D eigenvalue weighted by Gasteiger charge is -2.14. The fraction of sp³-hybridized carbons (Fsp3) is 0.333. The Bertz CT molecular complexity index is 656. The normalized spacial score (nSPS) is 11.9. The Morgan fingerprint density at radius 1 is 1.35 bits per heavy atom. The van der Waals surface area contributed by atoms with Crippen molar-refractivity contribution < 1.29 is 24.0 Å². The van der Waals surface area contributed by atoms with Crippen LogP contribution in [0.1, 0.15) is 17.3 Å². The number of hydrogen-bond acceptors (Lipinski definition) is 6. The predicted molar refractivity (Wildman–Crippen MR) is 78.4 cm³/mol. The van der Waals surface area contributed by atoms with Crippen molar-refractivity contribution in [3.63, 3.8) is 0 Å². The van der Waals surface area contributed by atoms with Gasteiger partial charge in [0.15, 0.2) is 5.82 Å². The van der Waals surface area contributed by atoms with Crippen molar-refractivity contribution >= 4 is 11.9 Å². The highest BCUT2D eigenvalue weighted by molar-refractivity contribution is 5.84. The summed E-state index contributed by atoms with van der Waals surface area (Å²) in [6.07, 6.45) is 0.199. The van der Waals surface area contributed by atoms with E-state index in [1.165, 1.54) is 0 Å². The highest BCUT2D eigenvalue weighted by Gasteiger charge is 2.20. The Hall–Kier alpha value is -2.74. The SMILES string of the molecule is Cc1noc(COCC(=O)NC(Cc2ccccc2)C(=O)O)n1. The standard InChI is InChI=1S/C15H17N3O5/c1-10-16-14(23-18-10)9-22-8-13(19)17-12(15(20)21)7-11-5-3-2-4-6-11/h2-6,12H,7-9H2,1H3,(H,17,19)(H,20,21). The topological polar surface area (TPSA) is 115 Å². The third kappa shape index (κ3) is 5.51. The average Bonchev–Trinajstić information content (AvgIpc) is 2.93. The number of rotatable bonds is 8. The van der Waals surface area contributed by atoms with Crippen LogP contribution in [0.5, 0.6) is 0 Å². The van der Waals surface area contributed by atoms with Crippen LogP contribution in [0.3, 0.4) is 0 Å². The maximum atomic E-state index is 11.8. The van der Waals surface area contributed by atoms with Gasteiger partial charge >= 0.3 is 5.97 Å². The lowest BCUT2D eigenvalue weighted by atomic mass is 10.1. The predicted octanol–water partition coefficient (Wildman–Crippen LogP) is 0.707. The van der Waals surface area contributed by atoms with Gasteiger partial charge in [0.2, 0.25) is 5.91 Å². The number of amides is 1. The van der Waals surface area contributed by atoms with Crippen LogP contribution in [0.25, 0.3) is 0 Å². The summed E-state index contributed by atoms with van der Waals surface area (Å²) in [5.74, 6) is -0.893. The van der Waals surface area contributed by atoms with Gasteiger partial charge < -0.3 is 19.7 Å². The monoisotopic (exact) mass is 319 g/mol. The zero-order valence-electron chi connectivity index (χ0n) is 12.6. The smallest absolute Gasteiger partial charge is 0.326 e. The van der Waals surface area contributed by atoms with Gasteiger partial charge in [-0.3, -0.25) is 4.79 Å². The number of nitrogens with one attached hydrogen (secondary N) is 1. The van der Waals surface area contributed by atoms with E-state index in [4.69, 9.17) is 9.26 Å². The first-order chi connectivity index (χ1) is 11.0. The number of aromatic nitrogens is 2. The van der Waals surface area contributed by atoms with Crippen LogP contribution < -0.4 is 5.32 Å². The molecular formula is C15H17N3O5. The number of benzene rings is 1. The third-order valence-corrected chi connectivity index (χ3v) is 2.94. The van der Waals surface area contributed by atoms with Gasteiger partial charge in [-0.05, 0) is 12.5 Å². The maximum absolute atomic E-state index is 11.8. The molecule has 1 unspecified atom stereocenters. The molecule has 1 amide bonds. The van der Waals surface area contributed by atoms with Crippen molar-refractivity contribution in [2.75, 3.05) is 6.61 Å². The molecule has 1 atom stereocenters. The van der Waals surface area contributed by atoms with Crippen molar-refractivity contribution in [2.45, 2.75) is 26.0 Å². The van der Waals surface area contributed by atoms with Gasteiger partial charge in [-0.2, -0.15) is 4.98 Å². The Labute approximate surface area is 132 Å². The molecule has 0 spiro atoms. The van der Waals surface area contributed by atoms with Gasteiger partial charge in [0, 0.05) is 6.42 Å². The largest absolute Gasteiger partial charge is 0.480 e. The minimum absolute atomic E-state index is 0.00924. The molecule has 0 bridgehead atoms. The molecule has 122 valence electrons. The second kappa shape index (κ2) is 8.04. The van der Waals surface area contributed by atoms with Crippen molar-refractivity contribution in [2.24, 2.45) is 0 Å². The number of ether oxygens (including phenoxy) is 1. The minimum Gasteiger partial charge on any atom is -0.480 e. The fourth-order valence-corrected chi connectivity index (χ4v) is 1.92. The lowest BCUT2D eigenvalue weighted by Crippen LogP contribution is -2.43. The summed E-state index contributed by atoms with van der Waals surface area (Å²) < 4.78 is 9.96. The third-order valence-electron chi connectivity index (χ3n) is 2.94.